The minimum atomic E-state index is -1.14. The average Bonchev–Trinajstić information content (AvgIpc) is 1.98. The lowest BCUT2D eigenvalue weighted by atomic mass is 9.97. The lowest BCUT2D eigenvalue weighted by Gasteiger charge is -2.21. The summed E-state index contributed by atoms with van der Waals surface area (Å²) in [5.74, 6) is -1.65. The van der Waals surface area contributed by atoms with E-state index in [0.717, 1.165) is 0 Å². The van der Waals surface area contributed by atoms with Crippen molar-refractivity contribution in [1.82, 2.24) is 5.32 Å². The van der Waals surface area contributed by atoms with Gasteiger partial charge in [0.1, 0.15) is 6.04 Å². The molecule has 0 aromatic carbocycles. The fourth-order valence-corrected chi connectivity index (χ4v) is 0.800. The van der Waals surface area contributed by atoms with Gasteiger partial charge in [0.25, 0.3) is 0 Å². The molecule has 0 aliphatic rings. The smallest absolute Gasteiger partial charge is 0.326 e. The van der Waals surface area contributed by atoms with E-state index in [0.29, 0.717) is 6.41 Å². The molecule has 12 heavy (non-hydrogen) atoms. The number of amides is 1. The third-order valence-electron chi connectivity index (χ3n) is 1.80. The van der Waals surface area contributed by atoms with Crippen LogP contribution in [-0.2, 0) is 9.59 Å². The molecule has 0 fully saturated rings. The Balaban J connectivity index is 4.28. The van der Waals surface area contributed by atoms with E-state index in [1.807, 2.05) is 0 Å². The minimum Gasteiger partial charge on any atom is -0.480 e. The number of carbonyl (C=O) groups excluding carboxylic acids is 1. The van der Waals surface area contributed by atoms with Crippen molar-refractivity contribution in [1.29, 1.82) is 0 Å². The molecule has 0 heterocycles. The molecule has 0 radical (unpaired) electrons. The number of carboxylic acid groups (broad SMARTS) is 1. The predicted octanol–water partition coefficient (Wildman–Crippen LogP) is -0.797. The van der Waals surface area contributed by atoms with Crippen LogP contribution in [-0.4, -0.2) is 34.7 Å². The van der Waals surface area contributed by atoms with Crippen LogP contribution in [0.25, 0.3) is 0 Å². The molecule has 5 nitrogen and oxygen atoms in total. The van der Waals surface area contributed by atoms with Crippen LogP contribution in [0.1, 0.15) is 13.8 Å². The summed E-state index contributed by atoms with van der Waals surface area (Å²) in [6.45, 7) is 3.03. The molecule has 0 saturated carbocycles. The Bertz CT molecular complexity index is 169. The summed E-state index contributed by atoms with van der Waals surface area (Å²) < 4.78 is 0. The van der Waals surface area contributed by atoms with Gasteiger partial charge in [0.2, 0.25) is 6.41 Å². The molecule has 3 atom stereocenters. The second kappa shape index (κ2) is 4.71. The van der Waals surface area contributed by atoms with Crippen molar-refractivity contribution in [2.24, 2.45) is 5.92 Å². The van der Waals surface area contributed by atoms with Gasteiger partial charge >= 0.3 is 5.97 Å². The first-order chi connectivity index (χ1) is 5.50. The molecule has 0 bridgehead atoms. The van der Waals surface area contributed by atoms with Gasteiger partial charge in [-0.2, -0.15) is 0 Å². The molecule has 3 N–H and O–H groups in total. The summed E-state index contributed by atoms with van der Waals surface area (Å²) in [7, 11) is 0. The number of carboxylic acids is 1. The topological polar surface area (TPSA) is 86.6 Å². The van der Waals surface area contributed by atoms with E-state index in [-0.39, 0.29) is 0 Å². The van der Waals surface area contributed by atoms with Crippen molar-refractivity contribution in [3.05, 3.63) is 0 Å². The number of aliphatic hydroxyl groups is 1. The molecule has 3 unspecified atom stereocenters. The maximum Gasteiger partial charge on any atom is 0.326 e. The highest BCUT2D eigenvalue weighted by Gasteiger charge is 2.26. The van der Waals surface area contributed by atoms with Gasteiger partial charge in [0, 0.05) is 5.92 Å². The van der Waals surface area contributed by atoms with Crippen molar-refractivity contribution in [2.75, 3.05) is 0 Å². The van der Waals surface area contributed by atoms with E-state index in [1.54, 1.807) is 6.92 Å². The van der Waals surface area contributed by atoms with Crippen LogP contribution in [0, 0.1) is 5.92 Å². The minimum absolute atomic E-state index is 0.317. The second-order valence-electron chi connectivity index (χ2n) is 2.70. The zero-order valence-electron chi connectivity index (χ0n) is 7.02. The Kier molecular flexibility index (Phi) is 4.28. The maximum atomic E-state index is 10.5. The molecular formula is C7H13NO4. The summed E-state index contributed by atoms with van der Waals surface area (Å²) >= 11 is 0. The van der Waals surface area contributed by atoms with Crippen molar-refractivity contribution in [3.8, 4) is 0 Å². The Hall–Kier alpha value is -1.10. The fraction of sp³-hybridized carbons (Fsp3) is 0.714. The molecule has 0 saturated heterocycles. The lowest BCUT2D eigenvalue weighted by Crippen LogP contribution is -2.44. The van der Waals surface area contributed by atoms with Crippen LogP contribution >= 0.6 is 0 Å². The highest BCUT2D eigenvalue weighted by molar-refractivity contribution is 5.76. The number of nitrogens with one attached hydrogen (secondary N) is 1. The third kappa shape index (κ3) is 2.87. The Morgan fingerprint density at radius 3 is 2.25 bits per heavy atom. The second-order valence-corrected chi connectivity index (χ2v) is 2.70. The van der Waals surface area contributed by atoms with Crippen molar-refractivity contribution < 1.29 is 19.8 Å². The number of hydrogen-bond donors (Lipinski definition) is 3. The van der Waals surface area contributed by atoms with Crippen LogP contribution < -0.4 is 5.32 Å². The first kappa shape index (κ1) is 10.9. The van der Waals surface area contributed by atoms with Gasteiger partial charge in [0.05, 0.1) is 6.10 Å². The Labute approximate surface area is 70.4 Å². The van der Waals surface area contributed by atoms with Gasteiger partial charge in [-0.05, 0) is 6.92 Å². The summed E-state index contributed by atoms with van der Waals surface area (Å²) in [6.07, 6.45) is -0.448. The summed E-state index contributed by atoms with van der Waals surface area (Å²) in [6, 6.07) is -1.03. The summed E-state index contributed by atoms with van der Waals surface area (Å²) in [5.41, 5.74) is 0. The highest BCUT2D eigenvalue weighted by Crippen LogP contribution is 2.07. The van der Waals surface area contributed by atoms with Gasteiger partial charge in [-0.15, -0.1) is 0 Å². The van der Waals surface area contributed by atoms with Gasteiger partial charge in [-0.1, -0.05) is 6.92 Å². The standard InChI is InChI=1S/C7H13NO4/c1-4(5(2)10)6(7(11)12)8-3-9/h3-6,10H,1-2H3,(H,8,9)(H,11,12). The maximum absolute atomic E-state index is 10.5. The van der Waals surface area contributed by atoms with Gasteiger partial charge in [-0.25, -0.2) is 4.79 Å². The van der Waals surface area contributed by atoms with Gasteiger partial charge < -0.3 is 15.5 Å². The Morgan fingerprint density at radius 2 is 2.00 bits per heavy atom. The number of carbonyl (C=O) groups is 2. The summed E-state index contributed by atoms with van der Waals surface area (Å²) in [4.78, 5) is 20.5. The number of aliphatic hydroxyl groups excluding tert-OH is 1. The highest BCUT2D eigenvalue weighted by atomic mass is 16.4. The van der Waals surface area contributed by atoms with Crippen LogP contribution in [0.4, 0.5) is 0 Å². The summed E-state index contributed by atoms with van der Waals surface area (Å²) in [5, 5.41) is 19.8. The first-order valence-corrected chi connectivity index (χ1v) is 3.61. The van der Waals surface area contributed by atoms with E-state index < -0.39 is 24.0 Å². The molecule has 0 aromatic heterocycles. The van der Waals surface area contributed by atoms with Crippen molar-refractivity contribution >= 4 is 12.4 Å². The largest absolute Gasteiger partial charge is 0.480 e. The molecule has 0 aromatic rings. The average molecular weight is 175 g/mol. The van der Waals surface area contributed by atoms with Crippen LogP contribution in [0.3, 0.4) is 0 Å². The van der Waals surface area contributed by atoms with Crippen LogP contribution in [0.2, 0.25) is 0 Å². The molecule has 5 heteroatoms. The van der Waals surface area contributed by atoms with E-state index in [2.05, 4.69) is 5.32 Å². The Morgan fingerprint density at radius 1 is 1.50 bits per heavy atom. The van der Waals surface area contributed by atoms with E-state index in [1.165, 1.54) is 6.92 Å². The quantitative estimate of drug-likeness (QED) is 0.477. The van der Waals surface area contributed by atoms with Crippen LogP contribution in [0.15, 0.2) is 0 Å². The SMILES string of the molecule is CC(O)C(C)C(NC=O)C(=O)O. The lowest BCUT2D eigenvalue weighted by molar-refractivity contribution is -0.143. The molecule has 0 aliphatic carbocycles. The zero-order chi connectivity index (χ0) is 9.72. The van der Waals surface area contributed by atoms with E-state index in [4.69, 9.17) is 10.2 Å². The predicted molar refractivity (Wildman–Crippen MR) is 41.5 cm³/mol. The number of aliphatic carboxylic acids is 1. The molecule has 70 valence electrons. The van der Waals surface area contributed by atoms with Crippen LogP contribution in [0.5, 0.6) is 0 Å². The van der Waals surface area contributed by atoms with Gasteiger partial charge in [-0.3, -0.25) is 4.79 Å². The van der Waals surface area contributed by atoms with Crippen molar-refractivity contribution in [3.63, 3.8) is 0 Å². The van der Waals surface area contributed by atoms with Gasteiger partial charge in [0.15, 0.2) is 0 Å². The molecule has 0 aliphatic heterocycles. The number of hydrogen-bond acceptors (Lipinski definition) is 3. The number of rotatable bonds is 5. The normalized spacial score (nSPS) is 17.6. The monoisotopic (exact) mass is 175 g/mol. The molecule has 0 spiro atoms. The van der Waals surface area contributed by atoms with E-state index in [9.17, 15) is 9.59 Å². The fourth-order valence-electron chi connectivity index (χ4n) is 0.800. The van der Waals surface area contributed by atoms with E-state index >= 15 is 0 Å². The molecule has 0 rings (SSSR count). The van der Waals surface area contributed by atoms with Crippen molar-refractivity contribution in [2.45, 2.75) is 26.0 Å². The first-order valence-electron chi connectivity index (χ1n) is 3.61. The molecular weight excluding hydrogens is 162 g/mol. The zero-order valence-corrected chi connectivity index (χ0v) is 7.02. The molecule has 1 amide bonds. The third-order valence-corrected chi connectivity index (χ3v) is 1.80.